The Hall–Kier alpha value is -1.42. The average Bonchev–Trinajstić information content (AvgIpc) is 3.02. The van der Waals surface area contributed by atoms with Gasteiger partial charge in [0.05, 0.1) is 4.70 Å². The molecule has 2 heterocycles. The van der Waals surface area contributed by atoms with Gasteiger partial charge in [0.25, 0.3) is 5.91 Å². The van der Waals surface area contributed by atoms with Gasteiger partial charge in [0, 0.05) is 18.0 Å². The molecule has 2 bridgehead atoms. The monoisotopic (exact) mass is 314 g/mol. The maximum absolute atomic E-state index is 13.1. The van der Waals surface area contributed by atoms with E-state index in [1.165, 1.54) is 30.8 Å². The minimum absolute atomic E-state index is 0.147. The maximum atomic E-state index is 13.1. The van der Waals surface area contributed by atoms with Crippen molar-refractivity contribution in [3.8, 4) is 0 Å². The number of fused-ring (bicyclic) bond motifs is 3. The van der Waals surface area contributed by atoms with E-state index in [2.05, 4.69) is 23.1 Å². The number of amides is 1. The molecule has 1 saturated heterocycles. The normalized spacial score (nSPS) is 30.9. The van der Waals surface area contributed by atoms with Crippen molar-refractivity contribution in [3.63, 3.8) is 0 Å². The van der Waals surface area contributed by atoms with Crippen LogP contribution >= 0.6 is 11.5 Å². The molecule has 116 valence electrons. The van der Waals surface area contributed by atoms with Crippen molar-refractivity contribution in [2.24, 2.45) is 17.8 Å². The molecule has 3 nitrogen and oxygen atoms in total. The SMILES string of the molecule is CC[C@H]1C[C@@H]2CN(C(=O)c3nsc4ccccc34)[C@H](C1)[C@@H]2C. The average molecular weight is 314 g/mol. The number of carbonyl (C=O) groups is 1. The molecule has 1 aliphatic heterocycles. The third-order valence-corrected chi connectivity index (χ3v) is 6.64. The second-order valence-electron chi connectivity index (χ2n) is 6.92. The molecule has 2 aromatic rings. The van der Waals surface area contributed by atoms with Gasteiger partial charge in [-0.25, -0.2) is 0 Å². The van der Waals surface area contributed by atoms with Crippen molar-refractivity contribution in [2.45, 2.75) is 39.2 Å². The zero-order valence-electron chi connectivity index (χ0n) is 13.2. The van der Waals surface area contributed by atoms with Crippen molar-refractivity contribution >= 4 is 27.5 Å². The highest BCUT2D eigenvalue weighted by Crippen LogP contribution is 2.44. The molecule has 0 spiro atoms. The fraction of sp³-hybridized carbons (Fsp3) is 0.556. The lowest BCUT2D eigenvalue weighted by Gasteiger charge is -2.33. The second kappa shape index (κ2) is 5.34. The first-order valence-electron chi connectivity index (χ1n) is 8.34. The van der Waals surface area contributed by atoms with E-state index in [1.807, 2.05) is 24.3 Å². The summed E-state index contributed by atoms with van der Waals surface area (Å²) in [6, 6.07) is 8.47. The Balaban J connectivity index is 1.66. The number of aromatic nitrogens is 1. The fourth-order valence-electron chi connectivity index (χ4n) is 4.39. The zero-order chi connectivity index (χ0) is 15.3. The number of benzene rings is 1. The Morgan fingerprint density at radius 1 is 1.36 bits per heavy atom. The topological polar surface area (TPSA) is 33.2 Å². The zero-order valence-corrected chi connectivity index (χ0v) is 14.0. The highest BCUT2D eigenvalue weighted by Gasteiger charge is 2.46. The second-order valence-corrected chi connectivity index (χ2v) is 7.72. The van der Waals surface area contributed by atoms with Crippen LogP contribution in [0.4, 0.5) is 0 Å². The summed E-state index contributed by atoms with van der Waals surface area (Å²) >= 11 is 1.43. The number of carbonyl (C=O) groups excluding carboxylic acids is 1. The predicted octanol–water partition coefficient (Wildman–Crippen LogP) is 4.19. The summed E-state index contributed by atoms with van der Waals surface area (Å²) in [6.45, 7) is 5.53. The molecule has 4 heteroatoms. The minimum atomic E-state index is 0.147. The van der Waals surface area contributed by atoms with Crippen molar-refractivity contribution in [3.05, 3.63) is 30.0 Å². The van der Waals surface area contributed by atoms with Crippen LogP contribution in [0.25, 0.3) is 10.1 Å². The molecule has 4 atom stereocenters. The van der Waals surface area contributed by atoms with Gasteiger partial charge in [0.2, 0.25) is 0 Å². The van der Waals surface area contributed by atoms with Crippen molar-refractivity contribution in [1.29, 1.82) is 0 Å². The van der Waals surface area contributed by atoms with E-state index in [0.29, 0.717) is 23.6 Å². The Morgan fingerprint density at radius 2 is 2.18 bits per heavy atom. The van der Waals surface area contributed by atoms with E-state index in [-0.39, 0.29) is 5.91 Å². The quantitative estimate of drug-likeness (QED) is 0.832. The van der Waals surface area contributed by atoms with E-state index in [4.69, 9.17) is 0 Å². The lowest BCUT2D eigenvalue weighted by Crippen LogP contribution is -2.39. The Kier molecular flexibility index (Phi) is 3.44. The van der Waals surface area contributed by atoms with E-state index in [9.17, 15) is 4.79 Å². The van der Waals surface area contributed by atoms with Gasteiger partial charge >= 0.3 is 0 Å². The van der Waals surface area contributed by atoms with E-state index >= 15 is 0 Å². The Morgan fingerprint density at radius 3 is 3.00 bits per heavy atom. The molecular weight excluding hydrogens is 292 g/mol. The van der Waals surface area contributed by atoms with E-state index in [0.717, 1.165) is 22.5 Å². The molecule has 1 aromatic heterocycles. The highest BCUT2D eigenvalue weighted by atomic mass is 32.1. The lowest BCUT2D eigenvalue weighted by atomic mass is 9.74. The van der Waals surface area contributed by atoms with Gasteiger partial charge in [0.15, 0.2) is 0 Å². The summed E-state index contributed by atoms with van der Waals surface area (Å²) in [4.78, 5) is 15.2. The summed E-state index contributed by atoms with van der Waals surface area (Å²) in [5.74, 6) is 2.25. The summed E-state index contributed by atoms with van der Waals surface area (Å²) in [5, 5.41) is 1.01. The minimum Gasteiger partial charge on any atom is -0.334 e. The Labute approximate surface area is 135 Å². The highest BCUT2D eigenvalue weighted by molar-refractivity contribution is 7.13. The van der Waals surface area contributed by atoms with E-state index in [1.54, 1.807) is 0 Å². The molecule has 1 amide bonds. The standard InChI is InChI=1S/C18H22N2OS/c1-3-12-8-13-10-20(15(9-12)11(13)2)18(21)17-14-6-4-5-7-16(14)22-19-17/h4-7,11-13,15H,3,8-10H2,1-2H3/t11-,12+,13-,15-/m1/s1. The number of rotatable bonds is 2. The van der Waals surface area contributed by atoms with Gasteiger partial charge in [-0.05, 0) is 48.2 Å². The molecule has 2 fully saturated rings. The molecular formula is C18H22N2OS. The molecule has 22 heavy (non-hydrogen) atoms. The lowest BCUT2D eigenvalue weighted by molar-refractivity contribution is 0.0696. The van der Waals surface area contributed by atoms with Crippen molar-refractivity contribution in [1.82, 2.24) is 9.27 Å². The molecule has 2 aliphatic rings. The fourth-order valence-corrected chi connectivity index (χ4v) is 5.16. The first-order chi connectivity index (χ1) is 10.7. The number of nitrogens with zero attached hydrogens (tertiary/aromatic N) is 2. The summed E-state index contributed by atoms with van der Waals surface area (Å²) in [5.41, 5.74) is 0.661. The molecule has 0 unspecified atom stereocenters. The predicted molar refractivity (Wildman–Crippen MR) is 90.1 cm³/mol. The van der Waals surface area contributed by atoms with Crippen molar-refractivity contribution < 1.29 is 4.79 Å². The largest absolute Gasteiger partial charge is 0.334 e. The number of hydrogen-bond acceptors (Lipinski definition) is 3. The van der Waals surface area contributed by atoms with Gasteiger partial charge in [-0.15, -0.1) is 0 Å². The third-order valence-electron chi connectivity index (χ3n) is 5.81. The summed E-state index contributed by atoms with van der Waals surface area (Å²) < 4.78 is 5.57. The van der Waals surface area contributed by atoms with Gasteiger partial charge < -0.3 is 4.90 Å². The first-order valence-corrected chi connectivity index (χ1v) is 9.11. The van der Waals surface area contributed by atoms with E-state index < -0.39 is 0 Å². The molecule has 0 N–H and O–H groups in total. The maximum Gasteiger partial charge on any atom is 0.274 e. The van der Waals surface area contributed by atoms with Crippen LogP contribution in [-0.2, 0) is 0 Å². The number of hydrogen-bond donors (Lipinski definition) is 0. The van der Waals surface area contributed by atoms with Crippen LogP contribution in [0.1, 0.15) is 43.6 Å². The van der Waals surface area contributed by atoms with Crippen LogP contribution in [0.15, 0.2) is 24.3 Å². The van der Waals surface area contributed by atoms with Gasteiger partial charge in [-0.2, -0.15) is 4.37 Å². The molecule has 1 aromatic carbocycles. The first kappa shape index (κ1) is 14.2. The van der Waals surface area contributed by atoms with Crippen molar-refractivity contribution in [2.75, 3.05) is 6.54 Å². The Bertz CT molecular complexity index is 710. The van der Waals surface area contributed by atoms with Crippen LogP contribution in [0.3, 0.4) is 0 Å². The molecule has 0 radical (unpaired) electrons. The molecule has 1 aliphatic carbocycles. The third kappa shape index (κ3) is 2.08. The van der Waals surface area contributed by atoms with Crippen LogP contribution < -0.4 is 0 Å². The van der Waals surface area contributed by atoms with Crippen LogP contribution in [0, 0.1) is 17.8 Å². The van der Waals surface area contributed by atoms with Crippen LogP contribution in [0.5, 0.6) is 0 Å². The molecule has 1 saturated carbocycles. The van der Waals surface area contributed by atoms with Gasteiger partial charge in [0.1, 0.15) is 5.69 Å². The number of likely N-dealkylation sites (tertiary alicyclic amines) is 1. The van der Waals surface area contributed by atoms with Gasteiger partial charge in [-0.1, -0.05) is 38.5 Å². The van der Waals surface area contributed by atoms with Crippen LogP contribution in [0.2, 0.25) is 0 Å². The summed E-state index contributed by atoms with van der Waals surface area (Å²) in [6.07, 6.45) is 3.69. The molecule has 4 rings (SSSR count). The smallest absolute Gasteiger partial charge is 0.274 e. The summed E-state index contributed by atoms with van der Waals surface area (Å²) in [7, 11) is 0. The van der Waals surface area contributed by atoms with Gasteiger partial charge in [-0.3, -0.25) is 4.79 Å². The van der Waals surface area contributed by atoms with Crippen LogP contribution in [-0.4, -0.2) is 27.8 Å².